The predicted molar refractivity (Wildman–Crippen MR) is 170 cm³/mol. The quantitative estimate of drug-likeness (QED) is 0.264. The van der Waals surface area contributed by atoms with Gasteiger partial charge in [0.05, 0.1) is 31.2 Å². The summed E-state index contributed by atoms with van der Waals surface area (Å²) in [5.74, 6) is 0.877. The van der Waals surface area contributed by atoms with Crippen LogP contribution in [0.2, 0.25) is 0 Å². The number of nitrogens with zero attached hydrogens (tertiary/aromatic N) is 2. The van der Waals surface area contributed by atoms with Crippen molar-refractivity contribution in [2.24, 2.45) is 5.92 Å². The van der Waals surface area contributed by atoms with Crippen molar-refractivity contribution in [3.8, 4) is 17.2 Å². The predicted octanol–water partition coefficient (Wildman–Crippen LogP) is 5.39. The number of nitrogens with one attached hydrogen (secondary N) is 3. The van der Waals surface area contributed by atoms with E-state index in [4.69, 9.17) is 14.2 Å². The number of hydrogen-bond acceptors (Lipinski definition) is 7. The Labute approximate surface area is 274 Å². The van der Waals surface area contributed by atoms with Crippen molar-refractivity contribution in [1.82, 2.24) is 9.80 Å². The lowest BCUT2D eigenvalue weighted by Gasteiger charge is -2.34. The van der Waals surface area contributed by atoms with Crippen LogP contribution in [0, 0.1) is 5.92 Å². The molecule has 2 aliphatic heterocycles. The molecule has 4 N–H and O–H groups in total. The Balaban J connectivity index is 1.32. The van der Waals surface area contributed by atoms with Crippen molar-refractivity contribution in [1.29, 1.82) is 0 Å². The van der Waals surface area contributed by atoms with Crippen LogP contribution in [0.15, 0.2) is 60.7 Å². The lowest BCUT2D eigenvalue weighted by atomic mass is 10.0. The zero-order valence-corrected chi connectivity index (χ0v) is 26.5. The summed E-state index contributed by atoms with van der Waals surface area (Å²) >= 11 is 0. The van der Waals surface area contributed by atoms with Crippen LogP contribution in [-0.4, -0.2) is 78.6 Å². The molecule has 0 aromatic heterocycles. The third kappa shape index (κ3) is 8.20. The molecule has 5 rings (SSSR count). The van der Waals surface area contributed by atoms with Crippen LogP contribution < -0.4 is 30.2 Å². The Morgan fingerprint density at radius 1 is 0.958 bits per heavy atom. The maximum Gasteiger partial charge on any atom is 0.416 e. The summed E-state index contributed by atoms with van der Waals surface area (Å²) in [7, 11) is 1.52. The lowest BCUT2D eigenvalue weighted by Crippen LogP contribution is -2.48. The Morgan fingerprint density at radius 3 is 2.25 bits per heavy atom. The van der Waals surface area contributed by atoms with Crippen molar-refractivity contribution in [2.45, 2.75) is 38.6 Å². The number of ether oxygens (including phenoxy) is 3. The summed E-state index contributed by atoms with van der Waals surface area (Å²) in [5, 5.41) is 18.0. The van der Waals surface area contributed by atoms with Gasteiger partial charge in [-0.25, -0.2) is 9.59 Å². The molecule has 0 saturated carbocycles. The van der Waals surface area contributed by atoms with Gasteiger partial charge in [0, 0.05) is 48.2 Å². The second-order valence-corrected chi connectivity index (χ2v) is 11.7. The first kappa shape index (κ1) is 34.2. The van der Waals surface area contributed by atoms with E-state index in [0.29, 0.717) is 34.2 Å². The highest BCUT2D eigenvalue weighted by Gasteiger charge is 2.33. The Hall–Kier alpha value is -5.18. The van der Waals surface area contributed by atoms with Crippen LogP contribution >= 0.6 is 0 Å². The number of rotatable bonds is 7. The summed E-state index contributed by atoms with van der Waals surface area (Å²) in [6.45, 7) is 3.69. The number of benzene rings is 3. The van der Waals surface area contributed by atoms with Gasteiger partial charge < -0.3 is 45.1 Å². The van der Waals surface area contributed by atoms with Crippen LogP contribution in [0.25, 0.3) is 0 Å². The second kappa shape index (κ2) is 14.3. The molecular formula is C33H36F3N5O7. The largest absolute Gasteiger partial charge is 0.488 e. The van der Waals surface area contributed by atoms with Crippen molar-refractivity contribution in [3.63, 3.8) is 0 Å². The number of carbonyl (C=O) groups is 3. The number of aliphatic hydroxyl groups is 1. The molecule has 0 unspecified atom stereocenters. The normalized spacial score (nSPS) is 18.0. The van der Waals surface area contributed by atoms with Crippen LogP contribution in [0.4, 0.5) is 39.8 Å². The van der Waals surface area contributed by atoms with Crippen LogP contribution in [-0.2, 0) is 17.4 Å². The van der Waals surface area contributed by atoms with Crippen molar-refractivity contribution >= 4 is 35.0 Å². The van der Waals surface area contributed by atoms with Gasteiger partial charge in [0.25, 0.3) is 0 Å². The van der Waals surface area contributed by atoms with E-state index in [1.807, 2.05) is 6.92 Å². The molecule has 15 heteroatoms. The van der Waals surface area contributed by atoms with Gasteiger partial charge in [-0.1, -0.05) is 6.92 Å². The number of anilines is 3. The highest BCUT2D eigenvalue weighted by Crippen LogP contribution is 2.35. The molecule has 2 aliphatic rings. The Morgan fingerprint density at radius 2 is 1.58 bits per heavy atom. The van der Waals surface area contributed by atoms with Crippen LogP contribution in [0.3, 0.4) is 0 Å². The lowest BCUT2D eigenvalue weighted by molar-refractivity contribution is -0.137. The van der Waals surface area contributed by atoms with Crippen LogP contribution in [0.5, 0.6) is 17.2 Å². The standard InChI is InChI=1S/C33H36F3N5O7/c1-19-15-41(20(2)17-42)30(43)13-21-12-24(37-31(44)38-25-9-11-27-28(14-25)47-18-46-27)8-10-26(21)48-29(19)16-40(3)32(45)39-23-6-4-22(5-7-23)33(34,35)36/h4-12,14,19-20,29,42H,13,15-18H2,1-3H3,(H,39,45)(H2,37,38,44)/t19-,20-,29-/m1/s1. The smallest absolute Gasteiger partial charge is 0.416 e. The van der Waals surface area contributed by atoms with E-state index in [9.17, 15) is 32.7 Å². The van der Waals surface area contributed by atoms with Gasteiger partial charge in [-0.05, 0) is 61.5 Å². The molecule has 5 amide bonds. The van der Waals surface area contributed by atoms with E-state index < -0.39 is 35.9 Å². The number of amides is 5. The van der Waals surface area contributed by atoms with Gasteiger partial charge in [0.1, 0.15) is 11.9 Å². The van der Waals surface area contributed by atoms with E-state index in [-0.39, 0.29) is 50.4 Å². The summed E-state index contributed by atoms with van der Waals surface area (Å²) in [6.07, 6.45) is -5.22. The van der Waals surface area contributed by atoms with Gasteiger partial charge in [-0.2, -0.15) is 13.2 Å². The van der Waals surface area contributed by atoms with Gasteiger partial charge in [0.2, 0.25) is 12.7 Å². The molecule has 256 valence electrons. The molecule has 0 saturated heterocycles. The van der Waals surface area contributed by atoms with Gasteiger partial charge in [0.15, 0.2) is 11.5 Å². The summed E-state index contributed by atoms with van der Waals surface area (Å²) in [5.41, 5.74) is 0.703. The van der Waals surface area contributed by atoms with E-state index in [0.717, 1.165) is 12.1 Å². The minimum absolute atomic E-state index is 0.0561. The molecule has 0 spiro atoms. The average Bonchev–Trinajstić information content (AvgIpc) is 3.52. The number of alkyl halides is 3. The third-order valence-electron chi connectivity index (χ3n) is 8.07. The summed E-state index contributed by atoms with van der Waals surface area (Å²) < 4.78 is 55.9. The minimum atomic E-state index is -4.50. The number of carbonyl (C=O) groups excluding carboxylic acids is 3. The monoisotopic (exact) mass is 671 g/mol. The SMILES string of the molecule is C[C@@H]1CN([C@H](C)CO)C(=O)Cc2cc(NC(=O)Nc3ccc4c(c3)OCO4)ccc2O[C@@H]1CN(C)C(=O)Nc1ccc(C(F)(F)F)cc1. The zero-order chi connectivity index (χ0) is 34.6. The Bertz CT molecular complexity index is 1650. The zero-order valence-electron chi connectivity index (χ0n) is 26.5. The number of hydrogen-bond donors (Lipinski definition) is 4. The molecule has 3 aromatic rings. The number of fused-ring (bicyclic) bond motifs is 2. The third-order valence-corrected chi connectivity index (χ3v) is 8.07. The van der Waals surface area contributed by atoms with Gasteiger partial charge >= 0.3 is 18.2 Å². The van der Waals surface area contributed by atoms with Crippen LogP contribution in [0.1, 0.15) is 25.0 Å². The first-order valence-electron chi connectivity index (χ1n) is 15.2. The van der Waals surface area contributed by atoms with E-state index in [1.165, 1.54) is 24.1 Å². The van der Waals surface area contributed by atoms with Crippen molar-refractivity contribution < 1.29 is 46.9 Å². The summed E-state index contributed by atoms with van der Waals surface area (Å²) in [6, 6.07) is 12.4. The maximum absolute atomic E-state index is 13.5. The molecule has 0 bridgehead atoms. The number of aliphatic hydroxyl groups excluding tert-OH is 1. The Kier molecular flexibility index (Phi) is 10.2. The van der Waals surface area contributed by atoms with Gasteiger partial charge in [-0.3, -0.25) is 4.79 Å². The highest BCUT2D eigenvalue weighted by molar-refractivity contribution is 6.00. The molecule has 0 aliphatic carbocycles. The fourth-order valence-electron chi connectivity index (χ4n) is 5.31. The van der Waals surface area contributed by atoms with Crippen molar-refractivity contribution in [3.05, 3.63) is 71.8 Å². The molecule has 2 heterocycles. The molecule has 48 heavy (non-hydrogen) atoms. The number of urea groups is 2. The fraction of sp³-hybridized carbons (Fsp3) is 0.364. The van der Waals surface area contributed by atoms with Gasteiger partial charge in [-0.15, -0.1) is 0 Å². The number of likely N-dealkylation sites (N-methyl/N-ethyl adjacent to an activating group) is 1. The summed E-state index contributed by atoms with van der Waals surface area (Å²) in [4.78, 5) is 42.3. The van der Waals surface area contributed by atoms with E-state index in [1.54, 1.807) is 48.2 Å². The molecule has 0 fully saturated rings. The topological polar surface area (TPSA) is 142 Å². The van der Waals surface area contributed by atoms with Crippen molar-refractivity contribution in [2.75, 3.05) is 49.5 Å². The second-order valence-electron chi connectivity index (χ2n) is 11.7. The molecule has 0 radical (unpaired) electrons. The highest BCUT2D eigenvalue weighted by atomic mass is 19.4. The fourth-order valence-corrected chi connectivity index (χ4v) is 5.31. The maximum atomic E-state index is 13.5. The first-order chi connectivity index (χ1) is 22.8. The van der Waals surface area contributed by atoms with E-state index >= 15 is 0 Å². The molecule has 3 aromatic carbocycles. The molecule has 3 atom stereocenters. The molecular weight excluding hydrogens is 635 g/mol. The first-order valence-corrected chi connectivity index (χ1v) is 15.2. The van der Waals surface area contributed by atoms with E-state index in [2.05, 4.69) is 16.0 Å². The molecule has 12 nitrogen and oxygen atoms in total. The number of halogens is 3. The average molecular weight is 672 g/mol. The minimum Gasteiger partial charge on any atom is -0.488 e.